The number of nitrogens with one attached hydrogen (secondary N) is 12. The maximum absolute atomic E-state index is 15.1. The molecular weight excluding hydrogens is 1430 g/mol. The minimum atomic E-state index is -1.48. The van der Waals surface area contributed by atoms with Gasteiger partial charge in [0, 0.05) is 56.1 Å². The SMILES string of the molecule is CC[C@H](C)[C@H](NC(=O)[C@H](Cc1ccccc1)NC(=O)[C@H](CCCN=C(N)N)NC(=O)[C@@H](NC(=O)[C@@H](NC(=O)[C@H](CCCN=C(N)N)NC(=O)[C@H](C)NC(=O)[C@@H](N)CC(C)C)C(C)C)[C@@H](C)CC)C(=O)N[C@@H](CCCN=C(N)N)C(=O)N[C@@H](CCCN=C(N)N)C(=O)N[C@@H](C)C(=O)N[C@@H](Cc1c[nH]c2ccccc12)C(N)=O. The van der Waals surface area contributed by atoms with Crippen molar-refractivity contribution in [1.82, 2.24) is 63.5 Å². The fraction of sp³-hybridized carbons (Fsp3) is 0.589. The van der Waals surface area contributed by atoms with Crippen LogP contribution in [0.2, 0.25) is 0 Å². The van der Waals surface area contributed by atoms with Crippen LogP contribution in [-0.2, 0) is 70.4 Å². The monoisotopic (exact) mass is 1550 g/mol. The van der Waals surface area contributed by atoms with Gasteiger partial charge in [0.25, 0.3) is 0 Å². The molecule has 1 heterocycles. The number of H-pyrrole nitrogens is 1. The minimum absolute atomic E-state index is 0.00753. The average Bonchev–Trinajstić information content (AvgIpc) is 1.71. The highest BCUT2D eigenvalue weighted by atomic mass is 16.2. The zero-order chi connectivity index (χ0) is 83.2. The molecule has 616 valence electrons. The molecule has 38 heteroatoms. The van der Waals surface area contributed by atoms with Crippen molar-refractivity contribution < 1.29 is 57.5 Å². The smallest absolute Gasteiger partial charge is 0.243 e. The van der Waals surface area contributed by atoms with Crippen molar-refractivity contribution in [3.05, 3.63) is 71.9 Å². The summed E-state index contributed by atoms with van der Waals surface area (Å²) in [7, 11) is 0. The van der Waals surface area contributed by atoms with Gasteiger partial charge in [0.1, 0.15) is 66.5 Å². The predicted octanol–water partition coefficient (Wildman–Crippen LogP) is -3.85. The second kappa shape index (κ2) is 48.2. The Morgan fingerprint density at radius 3 is 1.14 bits per heavy atom. The molecule has 38 nitrogen and oxygen atoms in total. The molecule has 3 rings (SSSR count). The number of guanidine groups is 4. The summed E-state index contributed by atoms with van der Waals surface area (Å²) in [6, 6.07) is 0.187. The van der Waals surface area contributed by atoms with Gasteiger partial charge in [-0.3, -0.25) is 77.5 Å². The fourth-order valence-corrected chi connectivity index (χ4v) is 11.6. The molecule has 0 saturated carbocycles. The van der Waals surface area contributed by atoms with Crippen molar-refractivity contribution in [2.45, 2.75) is 225 Å². The van der Waals surface area contributed by atoms with E-state index in [1.54, 1.807) is 78.1 Å². The highest BCUT2D eigenvalue weighted by Crippen LogP contribution is 2.21. The molecule has 0 aliphatic rings. The topological polar surface area (TPSA) is 663 Å². The van der Waals surface area contributed by atoms with Crippen LogP contribution in [0.15, 0.2) is 80.8 Å². The molecule has 111 heavy (non-hydrogen) atoms. The molecule has 0 aliphatic carbocycles. The lowest BCUT2D eigenvalue weighted by Crippen LogP contribution is -2.62. The van der Waals surface area contributed by atoms with Crippen LogP contribution >= 0.6 is 0 Å². The summed E-state index contributed by atoms with van der Waals surface area (Å²) in [6.45, 7) is 16.8. The van der Waals surface area contributed by atoms with E-state index in [1.165, 1.54) is 13.8 Å². The third kappa shape index (κ3) is 34.0. The van der Waals surface area contributed by atoms with Crippen molar-refractivity contribution in [3.8, 4) is 0 Å². The molecule has 2 aromatic carbocycles. The quantitative estimate of drug-likeness (QED) is 0.0146. The van der Waals surface area contributed by atoms with Crippen LogP contribution in [0.5, 0.6) is 0 Å². The molecule has 0 saturated heterocycles. The number of hydrogen-bond donors (Lipinski definition) is 22. The summed E-state index contributed by atoms with van der Waals surface area (Å²) in [5.74, 6) is -12.4. The highest BCUT2D eigenvalue weighted by Gasteiger charge is 2.39. The molecular formula is C73H122N26O12. The standard InChI is InChI=1S/C73H122N26O12/c1-11-40(7)56(68(110)93-50(27-19-31-85-71(78)79)63(105)92-49(26-18-30-84-70(76)77)62(104)90-43(10)60(102)95-53(58(75)100)36-45-37-88-48-25-17-16-24-46(45)48)98-66(108)54(35-44-22-14-13-15-23-44)96-64(106)51(28-20-32-86-72(80)81)94-69(111)57(41(8)12-2)99-67(109)55(39(5)6)97-65(107)52(29-21-33-87-73(82)83)91-59(101)42(9)89-61(103)47(74)34-38(3)4/h13-17,22-25,37-43,47,49-57,88H,11-12,18-21,26-36,74H2,1-10H3,(H2,75,100)(H,89,103)(H,90,104)(H,91,101)(H,92,105)(H,93,110)(H,94,111)(H,95,102)(H,96,106)(H,97,107)(H,98,108)(H,99,109)(H4,76,77,84)(H4,78,79,85)(H4,80,81,86)(H4,82,83,87)/t40-,41-,42-,43-,47-,49-,50-,51-,52-,53-,54-,55-,56-,57-/m0/s1. The Morgan fingerprint density at radius 1 is 0.378 bits per heavy atom. The van der Waals surface area contributed by atoms with Crippen LogP contribution in [0, 0.1) is 23.7 Å². The first-order valence-corrected chi connectivity index (χ1v) is 37.6. The second-order valence-electron chi connectivity index (χ2n) is 28.5. The van der Waals surface area contributed by atoms with Gasteiger partial charge in [-0.25, -0.2) is 0 Å². The summed E-state index contributed by atoms with van der Waals surface area (Å²) < 4.78 is 0. The summed E-state index contributed by atoms with van der Waals surface area (Å²) in [5.41, 5.74) is 58.7. The molecule has 0 fully saturated rings. The van der Waals surface area contributed by atoms with Gasteiger partial charge in [0.2, 0.25) is 70.9 Å². The zero-order valence-electron chi connectivity index (χ0n) is 65.5. The largest absolute Gasteiger partial charge is 0.370 e. The van der Waals surface area contributed by atoms with E-state index in [9.17, 15) is 47.9 Å². The Morgan fingerprint density at radius 2 is 0.721 bits per heavy atom. The van der Waals surface area contributed by atoms with E-state index >= 15 is 9.59 Å². The summed E-state index contributed by atoms with van der Waals surface area (Å²) >= 11 is 0. The first kappa shape index (κ1) is 93.9. The maximum atomic E-state index is 15.1. The summed E-state index contributed by atoms with van der Waals surface area (Å²) in [6.07, 6.45) is 2.60. The fourth-order valence-electron chi connectivity index (χ4n) is 11.6. The third-order valence-corrected chi connectivity index (χ3v) is 18.4. The number of amides is 12. The summed E-state index contributed by atoms with van der Waals surface area (Å²) in [5, 5.41) is 30.6. The Kier molecular flexibility index (Phi) is 40.8. The molecule has 0 spiro atoms. The van der Waals surface area contributed by atoms with E-state index in [2.05, 4.69) is 83.4 Å². The molecule has 1 aromatic heterocycles. The molecule has 0 radical (unpaired) electrons. The molecule has 3 aromatic rings. The molecule has 32 N–H and O–H groups in total. The third-order valence-electron chi connectivity index (χ3n) is 18.4. The van der Waals surface area contributed by atoms with E-state index in [0.29, 0.717) is 24.0 Å². The number of rotatable bonds is 50. The van der Waals surface area contributed by atoms with Crippen LogP contribution in [0.4, 0.5) is 0 Å². The Balaban J connectivity index is 2.01. The van der Waals surface area contributed by atoms with Gasteiger partial charge in [-0.1, -0.05) is 117 Å². The van der Waals surface area contributed by atoms with E-state index < -0.39 is 161 Å². The second-order valence-corrected chi connectivity index (χ2v) is 28.5. The Labute approximate surface area is 648 Å². The van der Waals surface area contributed by atoms with Gasteiger partial charge in [-0.05, 0) is 112 Å². The van der Waals surface area contributed by atoms with Gasteiger partial charge in [0.15, 0.2) is 23.8 Å². The molecule has 0 unspecified atom stereocenters. The van der Waals surface area contributed by atoms with Crippen molar-refractivity contribution in [2.75, 3.05) is 26.2 Å². The number of carbonyl (C=O) groups is 12. The van der Waals surface area contributed by atoms with Gasteiger partial charge in [-0.2, -0.15) is 0 Å². The molecule has 12 amide bonds. The number of primary amides is 1. The van der Waals surface area contributed by atoms with Gasteiger partial charge in [0.05, 0.1) is 6.04 Å². The van der Waals surface area contributed by atoms with Crippen molar-refractivity contribution in [1.29, 1.82) is 0 Å². The lowest BCUT2D eigenvalue weighted by Gasteiger charge is -2.31. The number of benzene rings is 2. The van der Waals surface area contributed by atoms with E-state index in [-0.39, 0.29) is 127 Å². The van der Waals surface area contributed by atoms with Crippen molar-refractivity contribution in [3.63, 3.8) is 0 Å². The number of aromatic nitrogens is 1. The number of para-hydroxylation sites is 1. The first-order valence-electron chi connectivity index (χ1n) is 37.6. The van der Waals surface area contributed by atoms with Crippen molar-refractivity contribution in [2.24, 2.45) is 101 Å². The number of carbonyl (C=O) groups excluding carboxylic acids is 12. The van der Waals surface area contributed by atoms with Gasteiger partial charge in [-0.15, -0.1) is 0 Å². The lowest BCUT2D eigenvalue weighted by atomic mass is 9.95. The molecule has 14 atom stereocenters. The minimum Gasteiger partial charge on any atom is -0.370 e. The number of nitrogens with two attached hydrogens (primary N) is 10. The summed E-state index contributed by atoms with van der Waals surface area (Å²) in [4.78, 5) is 190. The Bertz CT molecular complexity index is 3680. The predicted molar refractivity (Wildman–Crippen MR) is 425 cm³/mol. The average molecular weight is 1560 g/mol. The number of hydrogen-bond acceptors (Lipinski definition) is 17. The van der Waals surface area contributed by atoms with Crippen LogP contribution in [0.25, 0.3) is 10.9 Å². The Hall–Kier alpha value is -11.3. The van der Waals surface area contributed by atoms with Crippen LogP contribution < -0.4 is 116 Å². The van der Waals surface area contributed by atoms with Crippen molar-refractivity contribution >= 4 is 106 Å². The highest BCUT2D eigenvalue weighted by molar-refractivity contribution is 6.00. The van der Waals surface area contributed by atoms with Gasteiger partial charge >= 0.3 is 0 Å². The maximum Gasteiger partial charge on any atom is 0.243 e. The normalized spacial score (nSPS) is 14.9. The van der Waals surface area contributed by atoms with Crippen LogP contribution in [0.3, 0.4) is 0 Å². The molecule has 0 aliphatic heterocycles. The van der Waals surface area contributed by atoms with E-state index in [1.807, 2.05) is 38.1 Å². The zero-order valence-corrected chi connectivity index (χ0v) is 65.5. The molecule has 0 bridgehead atoms. The van der Waals surface area contributed by atoms with Gasteiger partial charge < -0.3 is 121 Å². The van der Waals surface area contributed by atoms with Crippen LogP contribution in [0.1, 0.15) is 151 Å². The van der Waals surface area contributed by atoms with E-state index in [4.69, 9.17) is 57.3 Å². The number of aromatic amines is 1. The van der Waals surface area contributed by atoms with E-state index in [0.717, 1.165) is 10.9 Å². The van der Waals surface area contributed by atoms with Crippen LogP contribution in [-0.4, -0.2) is 198 Å². The number of fused-ring (bicyclic) bond motifs is 1. The number of aliphatic imine (C=N–C) groups is 4. The first-order chi connectivity index (χ1) is 52.4. The lowest BCUT2D eigenvalue weighted by molar-refractivity contribution is -0.137. The number of nitrogens with zero attached hydrogens (tertiary/aromatic N) is 4.